The summed E-state index contributed by atoms with van der Waals surface area (Å²) >= 11 is 0. The van der Waals surface area contributed by atoms with Crippen LogP contribution in [-0.4, -0.2) is 43.1 Å². The maximum absolute atomic E-state index is 13.4. The van der Waals surface area contributed by atoms with Gasteiger partial charge in [0.25, 0.3) is 0 Å². The Balaban J connectivity index is 3.12. The van der Waals surface area contributed by atoms with E-state index in [1.165, 1.54) is 24.3 Å². The van der Waals surface area contributed by atoms with E-state index in [0.717, 1.165) is 0 Å². The zero-order valence-corrected chi connectivity index (χ0v) is 25.8. The normalized spacial score (nSPS) is 23.1. The Morgan fingerprint density at radius 3 is 1.08 bits per heavy atom. The summed E-state index contributed by atoms with van der Waals surface area (Å²) in [5.74, 6) is -5.55. The van der Waals surface area contributed by atoms with Crippen molar-refractivity contribution in [2.45, 2.75) is 108 Å². The maximum Gasteiger partial charge on any atom is 0.318 e. The molecule has 0 unspecified atom stereocenters. The lowest BCUT2D eigenvalue weighted by molar-refractivity contribution is -0.256. The molecule has 0 aromatic rings. The SMILES string of the molecule is CCC(C(=O)O)(C1=CC(C(C)(C)C)(C(C)(C)C)C(O)(O)C=C1)C1=CC(C(C)(C)C)(C(C)(C)C)C(O)(O)C=C1. The minimum Gasteiger partial charge on any atom is -0.480 e. The van der Waals surface area contributed by atoms with E-state index in [1.807, 2.05) is 83.1 Å². The Morgan fingerprint density at radius 2 is 0.895 bits per heavy atom. The molecule has 38 heavy (non-hydrogen) atoms. The van der Waals surface area contributed by atoms with Gasteiger partial charge in [-0.25, -0.2) is 0 Å². The van der Waals surface area contributed by atoms with Gasteiger partial charge in [0.1, 0.15) is 5.41 Å². The highest BCUT2D eigenvalue weighted by Gasteiger charge is 2.65. The van der Waals surface area contributed by atoms with Gasteiger partial charge in [0.15, 0.2) is 11.6 Å². The first kappa shape index (κ1) is 32.5. The first-order valence-corrected chi connectivity index (χ1v) is 13.6. The molecule has 0 heterocycles. The van der Waals surface area contributed by atoms with Crippen LogP contribution < -0.4 is 0 Å². The Morgan fingerprint density at radius 1 is 0.632 bits per heavy atom. The van der Waals surface area contributed by atoms with Gasteiger partial charge in [-0.3, -0.25) is 4.79 Å². The lowest BCUT2D eigenvalue weighted by Crippen LogP contribution is -2.62. The van der Waals surface area contributed by atoms with Crippen LogP contribution in [0, 0.1) is 37.9 Å². The van der Waals surface area contributed by atoms with Crippen molar-refractivity contribution >= 4 is 5.97 Å². The fourth-order valence-electron chi connectivity index (χ4n) is 8.28. The van der Waals surface area contributed by atoms with Gasteiger partial charge in [-0.1, -0.05) is 114 Å². The molecule has 2 aliphatic carbocycles. The van der Waals surface area contributed by atoms with Crippen molar-refractivity contribution in [2.24, 2.45) is 37.9 Å². The summed E-state index contributed by atoms with van der Waals surface area (Å²) in [5.41, 5.74) is -5.92. The third-order valence-electron chi connectivity index (χ3n) is 9.51. The monoisotopic (exact) mass is 532 g/mol. The molecule has 0 amide bonds. The van der Waals surface area contributed by atoms with E-state index in [1.54, 1.807) is 19.1 Å². The van der Waals surface area contributed by atoms with E-state index >= 15 is 0 Å². The van der Waals surface area contributed by atoms with Crippen LogP contribution in [0.1, 0.15) is 96.4 Å². The molecular formula is C32H52O6. The van der Waals surface area contributed by atoms with Gasteiger partial charge in [0, 0.05) is 0 Å². The predicted molar refractivity (Wildman–Crippen MR) is 152 cm³/mol. The van der Waals surface area contributed by atoms with Crippen LogP contribution in [0.4, 0.5) is 0 Å². The summed E-state index contributed by atoms with van der Waals surface area (Å²) in [6.45, 7) is 24.9. The van der Waals surface area contributed by atoms with Gasteiger partial charge in [0.2, 0.25) is 0 Å². The van der Waals surface area contributed by atoms with Gasteiger partial charge >= 0.3 is 5.97 Å². The summed E-state index contributed by atoms with van der Waals surface area (Å²) in [6, 6.07) is 0. The second kappa shape index (κ2) is 8.89. The molecule has 0 aliphatic heterocycles. The molecule has 0 aromatic carbocycles. The van der Waals surface area contributed by atoms with Crippen molar-refractivity contribution in [3.63, 3.8) is 0 Å². The molecule has 0 atom stereocenters. The number of carbonyl (C=O) groups is 1. The fourth-order valence-corrected chi connectivity index (χ4v) is 8.28. The van der Waals surface area contributed by atoms with Crippen molar-refractivity contribution in [3.8, 4) is 0 Å². The second-order valence-corrected chi connectivity index (χ2v) is 15.5. The molecule has 6 heteroatoms. The van der Waals surface area contributed by atoms with Crippen LogP contribution in [0.3, 0.4) is 0 Å². The summed E-state index contributed by atoms with van der Waals surface area (Å²) in [6.07, 6.45) is 9.32. The number of rotatable bonds is 4. The minimum absolute atomic E-state index is 0.164. The number of allylic oxidation sites excluding steroid dienone is 2. The number of carboxylic acids is 1. The maximum atomic E-state index is 13.4. The summed E-state index contributed by atoms with van der Waals surface area (Å²) in [5, 5.41) is 56.6. The molecule has 0 radical (unpaired) electrons. The van der Waals surface area contributed by atoms with Crippen molar-refractivity contribution in [2.75, 3.05) is 0 Å². The quantitative estimate of drug-likeness (QED) is 0.284. The van der Waals surface area contributed by atoms with Gasteiger partial charge in [-0.15, -0.1) is 0 Å². The molecule has 2 rings (SSSR count). The first-order valence-electron chi connectivity index (χ1n) is 13.6. The Kier molecular flexibility index (Phi) is 7.60. The van der Waals surface area contributed by atoms with Gasteiger partial charge < -0.3 is 25.5 Å². The highest BCUT2D eigenvalue weighted by Crippen LogP contribution is 2.65. The molecule has 0 spiro atoms. The van der Waals surface area contributed by atoms with Crippen LogP contribution in [0.15, 0.2) is 47.6 Å². The Bertz CT molecular complexity index is 965. The van der Waals surface area contributed by atoms with Crippen LogP contribution in [0.2, 0.25) is 0 Å². The fraction of sp³-hybridized carbons (Fsp3) is 0.719. The summed E-state index contributed by atoms with van der Waals surface area (Å²) in [4.78, 5) is 13.4. The predicted octanol–water partition coefficient (Wildman–Crippen LogP) is 5.98. The Hall–Kier alpha value is -1.73. The number of aliphatic carboxylic acids is 1. The van der Waals surface area contributed by atoms with E-state index in [4.69, 9.17) is 0 Å². The molecule has 0 aromatic heterocycles. The smallest absolute Gasteiger partial charge is 0.318 e. The largest absolute Gasteiger partial charge is 0.480 e. The highest BCUT2D eigenvalue weighted by atomic mass is 16.5. The lowest BCUT2D eigenvalue weighted by Gasteiger charge is -2.60. The second-order valence-electron chi connectivity index (χ2n) is 15.5. The molecule has 0 saturated carbocycles. The molecular weight excluding hydrogens is 480 g/mol. The molecule has 6 nitrogen and oxygen atoms in total. The lowest BCUT2D eigenvalue weighted by atomic mass is 9.46. The number of aliphatic hydroxyl groups is 4. The molecule has 216 valence electrons. The van der Waals surface area contributed by atoms with Gasteiger partial charge in [0.05, 0.1) is 10.8 Å². The third kappa shape index (κ3) is 4.18. The average Bonchev–Trinajstić information content (AvgIpc) is 2.66. The molecule has 0 bridgehead atoms. The zero-order chi connectivity index (χ0) is 30.2. The summed E-state index contributed by atoms with van der Waals surface area (Å²) < 4.78 is 0. The van der Waals surface area contributed by atoms with Gasteiger partial charge in [-0.05, 0) is 51.4 Å². The first-order chi connectivity index (χ1) is 16.6. The highest BCUT2D eigenvalue weighted by molar-refractivity contribution is 5.85. The average molecular weight is 533 g/mol. The standard InChI is InChI=1S/C32H52O6/c1-14-28(23(33)34,21-15-17-31(35,36)29(19-21,24(2,3)4)25(5,6)7)22-16-18-32(37,38)30(20-22,26(8,9)10)27(11,12)13/h15-20,35-38H,14H2,1-13H3,(H,33,34). The van der Waals surface area contributed by atoms with Crippen LogP contribution in [-0.2, 0) is 4.79 Å². The number of hydrogen-bond donors (Lipinski definition) is 5. The van der Waals surface area contributed by atoms with Crippen molar-refractivity contribution < 1.29 is 30.3 Å². The van der Waals surface area contributed by atoms with Crippen LogP contribution in [0.25, 0.3) is 0 Å². The summed E-state index contributed by atoms with van der Waals surface area (Å²) in [7, 11) is 0. The topological polar surface area (TPSA) is 118 Å². The minimum atomic E-state index is -2.23. The Labute approximate surface area is 229 Å². The van der Waals surface area contributed by atoms with E-state index < -0.39 is 55.4 Å². The van der Waals surface area contributed by atoms with Crippen molar-refractivity contribution in [3.05, 3.63) is 47.6 Å². The van der Waals surface area contributed by atoms with Crippen LogP contribution >= 0.6 is 0 Å². The van der Waals surface area contributed by atoms with Crippen LogP contribution in [0.5, 0.6) is 0 Å². The number of carboxylic acid groups (broad SMARTS) is 1. The van der Waals surface area contributed by atoms with Crippen molar-refractivity contribution in [1.82, 2.24) is 0 Å². The molecule has 0 fully saturated rings. The molecule has 0 saturated heterocycles. The number of hydrogen-bond acceptors (Lipinski definition) is 5. The molecule has 5 N–H and O–H groups in total. The van der Waals surface area contributed by atoms with E-state index in [9.17, 15) is 30.3 Å². The molecule has 2 aliphatic rings. The third-order valence-corrected chi connectivity index (χ3v) is 9.51. The van der Waals surface area contributed by atoms with Gasteiger partial charge in [-0.2, -0.15) is 0 Å². The van der Waals surface area contributed by atoms with E-state index in [0.29, 0.717) is 11.1 Å². The van der Waals surface area contributed by atoms with Crippen molar-refractivity contribution in [1.29, 1.82) is 0 Å². The zero-order valence-electron chi connectivity index (χ0n) is 25.8. The van der Waals surface area contributed by atoms with E-state index in [-0.39, 0.29) is 6.42 Å². The van der Waals surface area contributed by atoms with E-state index in [2.05, 4.69) is 0 Å².